The summed E-state index contributed by atoms with van der Waals surface area (Å²) in [6, 6.07) is 5.37. The first-order chi connectivity index (χ1) is 18.5. The highest BCUT2D eigenvalue weighted by Crippen LogP contribution is 2.43. The Morgan fingerprint density at radius 2 is 1.75 bits per heavy atom. The molecule has 6 nitrogen and oxygen atoms in total. The molecule has 0 amide bonds. The molecular weight excluding hydrogens is 554 g/mol. The summed E-state index contributed by atoms with van der Waals surface area (Å²) in [4.78, 5) is 30.9. The molecule has 0 aliphatic heterocycles. The van der Waals surface area contributed by atoms with Crippen LogP contribution in [0.4, 0.5) is 8.78 Å². The third-order valence-electron chi connectivity index (χ3n) is 6.68. The van der Waals surface area contributed by atoms with Crippen molar-refractivity contribution in [3.8, 4) is 0 Å². The average molecular weight is 593 g/mol. The number of carbonyl (C=O) groups is 1. The highest BCUT2D eigenvalue weighted by Gasteiger charge is 2.42. The number of aromatic nitrogens is 2. The van der Waals surface area contributed by atoms with Crippen molar-refractivity contribution in [2.75, 3.05) is 6.61 Å². The van der Waals surface area contributed by atoms with Gasteiger partial charge >= 0.3 is 5.97 Å². The lowest BCUT2D eigenvalue weighted by atomic mass is 9.74. The first-order valence-electron chi connectivity index (χ1n) is 13.5. The van der Waals surface area contributed by atoms with Gasteiger partial charge in [0.2, 0.25) is 11.4 Å². The quantitative estimate of drug-likeness (QED) is 0.159. The van der Waals surface area contributed by atoms with Crippen LogP contribution in [0, 0.1) is 22.6 Å². The van der Waals surface area contributed by atoms with Crippen LogP contribution >= 0.6 is 11.6 Å². The fourth-order valence-electron chi connectivity index (χ4n) is 4.93. The van der Waals surface area contributed by atoms with Crippen molar-refractivity contribution >= 4 is 37.6 Å². The van der Waals surface area contributed by atoms with Crippen molar-refractivity contribution < 1.29 is 22.7 Å². The van der Waals surface area contributed by atoms with Crippen molar-refractivity contribution in [2.45, 2.75) is 80.1 Å². The summed E-state index contributed by atoms with van der Waals surface area (Å²) < 4.78 is 43.8. The fourth-order valence-corrected chi connectivity index (χ4v) is 6.27. The van der Waals surface area contributed by atoms with Crippen molar-refractivity contribution in [2.24, 2.45) is 10.8 Å². The second kappa shape index (κ2) is 12.1. The first-order valence-corrected chi connectivity index (χ1v) is 16.6. The van der Waals surface area contributed by atoms with Crippen molar-refractivity contribution in [3.05, 3.63) is 74.2 Å². The number of pyridine rings is 2. The number of carbonyl (C=O) groups excluding carboxylic acids is 1. The van der Waals surface area contributed by atoms with E-state index in [0.29, 0.717) is 0 Å². The van der Waals surface area contributed by atoms with Crippen LogP contribution < -0.4 is 5.43 Å². The standard InChI is InChI=1S/C30H39ClF2N2O4Si/c1-10-38-28(37)20-16-35(24(29(2,3)4)25(30(5,6)7)39-40(8)9)27-19(23(20)36)15-18(26(33)34-27)14-17-12-11-13-21(31)22(17)32/h11-13,15-16,24-25,40H,10,14H2,1-9H3/t24-,25?/m1/s1. The van der Waals surface area contributed by atoms with Crippen LogP contribution in [0.3, 0.4) is 0 Å². The van der Waals surface area contributed by atoms with Crippen LogP contribution in [-0.4, -0.2) is 37.3 Å². The molecule has 3 aromatic rings. The first kappa shape index (κ1) is 31.9. The van der Waals surface area contributed by atoms with E-state index in [0.717, 1.165) is 0 Å². The molecule has 0 aliphatic carbocycles. The molecule has 2 aromatic heterocycles. The van der Waals surface area contributed by atoms with E-state index >= 15 is 4.39 Å². The van der Waals surface area contributed by atoms with E-state index in [1.165, 1.54) is 24.4 Å². The molecule has 1 unspecified atom stereocenters. The Kier molecular flexibility index (Phi) is 9.64. The highest BCUT2D eigenvalue weighted by molar-refractivity contribution is 6.48. The minimum atomic E-state index is -1.57. The maximum Gasteiger partial charge on any atom is 0.343 e. The molecule has 0 saturated heterocycles. The van der Waals surface area contributed by atoms with Crippen LogP contribution in [-0.2, 0) is 15.6 Å². The number of benzene rings is 1. The Morgan fingerprint density at radius 1 is 1.10 bits per heavy atom. The van der Waals surface area contributed by atoms with Gasteiger partial charge in [-0.3, -0.25) is 4.79 Å². The SMILES string of the molecule is CCOC(=O)c1cn([C@H](C(O[SiH](C)C)C(C)(C)C)C(C)(C)C)c2nc(F)c(Cc3cccc(Cl)c3F)cc2c1=O. The normalized spacial score (nSPS) is 14.0. The molecule has 10 heteroatoms. The molecule has 3 rings (SSSR count). The maximum absolute atomic E-state index is 15.6. The monoisotopic (exact) mass is 592 g/mol. The number of esters is 1. The third kappa shape index (κ3) is 6.81. The Balaban J connectivity index is 2.41. The van der Waals surface area contributed by atoms with Gasteiger partial charge in [0.15, 0.2) is 9.04 Å². The predicted octanol–water partition coefficient (Wildman–Crippen LogP) is 7.10. The minimum Gasteiger partial charge on any atom is -0.462 e. The zero-order valence-corrected chi connectivity index (χ0v) is 26.6. The lowest BCUT2D eigenvalue weighted by molar-refractivity contribution is -0.00467. The summed E-state index contributed by atoms with van der Waals surface area (Å²) in [6.45, 7) is 18.2. The molecule has 2 atom stereocenters. The van der Waals surface area contributed by atoms with E-state index in [1.807, 2.05) is 20.8 Å². The smallest absolute Gasteiger partial charge is 0.343 e. The van der Waals surface area contributed by atoms with E-state index < -0.39 is 43.7 Å². The number of hydrogen-bond acceptors (Lipinski definition) is 5. The maximum atomic E-state index is 15.6. The molecule has 0 bridgehead atoms. The zero-order chi connectivity index (χ0) is 30.2. The number of fused-ring (bicyclic) bond motifs is 1. The summed E-state index contributed by atoms with van der Waals surface area (Å²) >= 11 is 5.93. The minimum absolute atomic E-state index is 0.00356. The number of hydrogen-bond donors (Lipinski definition) is 0. The van der Waals surface area contributed by atoms with Gasteiger partial charge in [-0.05, 0) is 48.5 Å². The van der Waals surface area contributed by atoms with Gasteiger partial charge in [0.25, 0.3) is 0 Å². The van der Waals surface area contributed by atoms with Crippen LogP contribution in [0.1, 0.15) is 76.0 Å². The van der Waals surface area contributed by atoms with Gasteiger partial charge in [-0.2, -0.15) is 4.39 Å². The van der Waals surface area contributed by atoms with Crippen molar-refractivity contribution in [3.63, 3.8) is 0 Å². The summed E-state index contributed by atoms with van der Waals surface area (Å²) in [5.41, 5.74) is -1.40. The van der Waals surface area contributed by atoms with E-state index in [9.17, 15) is 14.0 Å². The molecule has 0 radical (unpaired) electrons. The van der Waals surface area contributed by atoms with Crippen molar-refractivity contribution in [1.29, 1.82) is 0 Å². The van der Waals surface area contributed by atoms with E-state index in [1.54, 1.807) is 17.6 Å². The lowest BCUT2D eigenvalue weighted by Gasteiger charge is -2.45. The summed E-state index contributed by atoms with van der Waals surface area (Å²) in [5, 5.41) is -0.0540. The highest BCUT2D eigenvalue weighted by atomic mass is 35.5. The Morgan fingerprint density at radius 3 is 2.30 bits per heavy atom. The fraction of sp³-hybridized carbons (Fsp3) is 0.500. The molecule has 0 N–H and O–H groups in total. The number of rotatable bonds is 8. The van der Waals surface area contributed by atoms with Crippen LogP contribution in [0.5, 0.6) is 0 Å². The molecule has 0 aliphatic rings. The van der Waals surface area contributed by atoms with Crippen LogP contribution in [0.25, 0.3) is 11.0 Å². The summed E-state index contributed by atoms with van der Waals surface area (Å²) in [6.07, 6.45) is 0.885. The van der Waals surface area contributed by atoms with Crippen LogP contribution in [0.15, 0.2) is 35.3 Å². The van der Waals surface area contributed by atoms with Gasteiger partial charge in [-0.1, -0.05) is 65.3 Å². The van der Waals surface area contributed by atoms with Gasteiger partial charge in [-0.15, -0.1) is 0 Å². The second-order valence-corrected chi connectivity index (χ2v) is 15.3. The average Bonchev–Trinajstić information content (AvgIpc) is 2.82. The second-order valence-electron chi connectivity index (χ2n) is 12.5. The molecule has 40 heavy (non-hydrogen) atoms. The molecule has 0 spiro atoms. The zero-order valence-electron chi connectivity index (χ0n) is 24.7. The number of ether oxygens (including phenoxy) is 1. The van der Waals surface area contributed by atoms with Gasteiger partial charge < -0.3 is 13.7 Å². The number of halogens is 3. The van der Waals surface area contributed by atoms with E-state index in [4.69, 9.17) is 20.8 Å². The summed E-state index contributed by atoms with van der Waals surface area (Å²) in [5.74, 6) is -2.30. The molecule has 1 aromatic carbocycles. The number of nitrogens with zero attached hydrogens (tertiary/aromatic N) is 2. The third-order valence-corrected chi connectivity index (χ3v) is 7.81. The Labute approximate surface area is 241 Å². The topological polar surface area (TPSA) is 70.4 Å². The van der Waals surface area contributed by atoms with Gasteiger partial charge in [0, 0.05) is 18.2 Å². The van der Waals surface area contributed by atoms with Gasteiger partial charge in [-0.25, -0.2) is 14.2 Å². The molecular formula is C30H39ClF2N2O4Si. The molecule has 218 valence electrons. The molecule has 2 heterocycles. The summed E-state index contributed by atoms with van der Waals surface area (Å²) in [7, 11) is -1.57. The predicted molar refractivity (Wildman–Crippen MR) is 158 cm³/mol. The van der Waals surface area contributed by atoms with Crippen LogP contribution in [0.2, 0.25) is 18.1 Å². The Bertz CT molecular complexity index is 1460. The lowest BCUT2D eigenvalue weighted by Crippen LogP contribution is -2.46. The van der Waals surface area contributed by atoms with Gasteiger partial charge in [0.1, 0.15) is 17.0 Å². The molecule has 0 fully saturated rings. The largest absolute Gasteiger partial charge is 0.462 e. The molecule has 0 saturated carbocycles. The van der Waals surface area contributed by atoms with Gasteiger partial charge in [0.05, 0.1) is 29.2 Å². The van der Waals surface area contributed by atoms with E-state index in [-0.39, 0.29) is 57.3 Å². The Hall–Kier alpha value is -2.62. The van der Waals surface area contributed by atoms with Crippen molar-refractivity contribution in [1.82, 2.24) is 9.55 Å². The van der Waals surface area contributed by atoms with E-state index in [2.05, 4.69) is 38.8 Å².